The molecule has 3 nitrogen and oxygen atoms in total. The largest absolute Gasteiger partial charge is 0.508 e. The van der Waals surface area contributed by atoms with Crippen molar-refractivity contribution in [1.29, 1.82) is 0 Å². The van der Waals surface area contributed by atoms with E-state index in [1.165, 1.54) is 6.07 Å². The molecule has 0 aliphatic heterocycles. The lowest BCUT2D eigenvalue weighted by Gasteiger charge is -2.37. The van der Waals surface area contributed by atoms with Gasteiger partial charge in [0.25, 0.3) is 0 Å². The first-order valence-corrected chi connectivity index (χ1v) is 9.47. The number of phenolic OH excluding ortho intramolecular Hbond substituents is 3. The number of rotatable bonds is 4. The monoisotopic (exact) mass is 382 g/mol. The molecule has 0 amide bonds. The predicted molar refractivity (Wildman–Crippen MR) is 114 cm³/mol. The average Bonchev–Trinajstić information content (AvgIpc) is 2.75. The Morgan fingerprint density at radius 1 is 0.483 bits per heavy atom. The van der Waals surface area contributed by atoms with Crippen molar-refractivity contribution in [2.24, 2.45) is 0 Å². The lowest BCUT2D eigenvalue weighted by molar-refractivity contribution is 0.402. The van der Waals surface area contributed by atoms with E-state index in [-0.39, 0.29) is 17.2 Å². The lowest BCUT2D eigenvalue weighted by Crippen LogP contribution is -2.31. The van der Waals surface area contributed by atoms with Gasteiger partial charge in [-0.15, -0.1) is 0 Å². The third kappa shape index (κ3) is 3.11. The molecule has 4 aromatic rings. The lowest BCUT2D eigenvalue weighted by atomic mass is 9.65. The van der Waals surface area contributed by atoms with Crippen molar-refractivity contribution in [2.75, 3.05) is 0 Å². The Balaban J connectivity index is 2.16. The minimum atomic E-state index is -0.744. The van der Waals surface area contributed by atoms with Crippen LogP contribution in [0.15, 0.2) is 97.1 Å². The number of aromatic hydroxyl groups is 3. The van der Waals surface area contributed by atoms with E-state index in [2.05, 4.69) is 24.3 Å². The third-order valence-corrected chi connectivity index (χ3v) is 5.45. The van der Waals surface area contributed by atoms with E-state index in [9.17, 15) is 15.3 Å². The van der Waals surface area contributed by atoms with Crippen molar-refractivity contribution >= 4 is 0 Å². The summed E-state index contributed by atoms with van der Waals surface area (Å²) in [6.07, 6.45) is 0. The predicted octanol–water partition coefficient (Wildman–Crippen LogP) is 5.49. The van der Waals surface area contributed by atoms with Crippen molar-refractivity contribution in [1.82, 2.24) is 0 Å². The van der Waals surface area contributed by atoms with E-state index in [0.29, 0.717) is 0 Å². The molecule has 3 N–H and O–H groups in total. The zero-order valence-corrected chi connectivity index (χ0v) is 16.1. The summed E-state index contributed by atoms with van der Waals surface area (Å²) in [5.74, 6) is -0.0998. The van der Waals surface area contributed by atoms with Crippen LogP contribution in [0, 0.1) is 6.92 Å². The molecule has 3 heteroatoms. The number of phenols is 3. The summed E-state index contributed by atoms with van der Waals surface area (Å²) in [5.41, 5.74) is 3.82. The third-order valence-electron chi connectivity index (χ3n) is 5.45. The summed E-state index contributed by atoms with van der Waals surface area (Å²) in [6.45, 7) is 1.87. The van der Waals surface area contributed by atoms with Crippen LogP contribution < -0.4 is 0 Å². The average molecular weight is 382 g/mol. The normalized spacial score (nSPS) is 11.3. The molecule has 144 valence electrons. The van der Waals surface area contributed by atoms with Gasteiger partial charge in [0.1, 0.15) is 5.75 Å². The topological polar surface area (TPSA) is 60.7 Å². The van der Waals surface area contributed by atoms with Crippen LogP contribution in [0.2, 0.25) is 0 Å². The molecule has 0 fully saturated rings. The van der Waals surface area contributed by atoms with Gasteiger partial charge in [-0.2, -0.15) is 0 Å². The summed E-state index contributed by atoms with van der Waals surface area (Å²) >= 11 is 0. The van der Waals surface area contributed by atoms with Crippen LogP contribution in [0.25, 0.3) is 0 Å². The number of aryl methyl sites for hydroxylation is 1. The zero-order valence-electron chi connectivity index (χ0n) is 16.1. The van der Waals surface area contributed by atoms with Crippen molar-refractivity contribution < 1.29 is 15.3 Å². The van der Waals surface area contributed by atoms with Crippen molar-refractivity contribution in [3.8, 4) is 17.2 Å². The van der Waals surface area contributed by atoms with Gasteiger partial charge in [-0.1, -0.05) is 78.9 Å². The highest BCUT2D eigenvalue weighted by Crippen LogP contribution is 2.47. The smallest absolute Gasteiger partial charge is 0.157 e. The Morgan fingerprint density at radius 3 is 1.45 bits per heavy atom. The van der Waals surface area contributed by atoms with Crippen LogP contribution in [-0.4, -0.2) is 15.3 Å². The molecule has 0 saturated heterocycles. The highest BCUT2D eigenvalue weighted by Gasteiger charge is 2.39. The molecule has 4 aromatic carbocycles. The Morgan fingerprint density at radius 2 is 0.966 bits per heavy atom. The summed E-state index contributed by atoms with van der Waals surface area (Å²) in [6, 6.07) is 30.6. The second kappa shape index (κ2) is 7.36. The second-order valence-corrected chi connectivity index (χ2v) is 7.19. The minimum absolute atomic E-state index is 0.161. The maximum Gasteiger partial charge on any atom is 0.157 e. The van der Waals surface area contributed by atoms with Crippen LogP contribution in [0.1, 0.15) is 27.8 Å². The van der Waals surface area contributed by atoms with E-state index in [4.69, 9.17) is 0 Å². The highest BCUT2D eigenvalue weighted by molar-refractivity contribution is 5.62. The molecule has 0 aromatic heterocycles. The highest BCUT2D eigenvalue weighted by atomic mass is 16.3. The van der Waals surface area contributed by atoms with E-state index < -0.39 is 5.41 Å². The van der Waals surface area contributed by atoms with Gasteiger partial charge in [0.2, 0.25) is 0 Å². The molecular weight excluding hydrogens is 360 g/mol. The van der Waals surface area contributed by atoms with Gasteiger partial charge in [0, 0.05) is 0 Å². The molecule has 0 radical (unpaired) electrons. The standard InChI is InChI=1S/C26H22O3/c1-18-16-21(12-14-23(18)27)26(19-8-4-2-5-9-19,20-10-6-3-7-11-20)22-13-15-24(28)25(29)17-22/h2-17,27-29H,1H3. The van der Waals surface area contributed by atoms with Crippen molar-refractivity contribution in [3.63, 3.8) is 0 Å². The van der Waals surface area contributed by atoms with Crippen molar-refractivity contribution in [2.45, 2.75) is 12.3 Å². The Bertz CT molecular complexity index is 1040. The summed E-state index contributed by atoms with van der Waals surface area (Å²) in [7, 11) is 0. The molecule has 0 unspecified atom stereocenters. The molecule has 0 aliphatic rings. The molecule has 0 atom stereocenters. The Hall–Kier alpha value is -3.72. The van der Waals surface area contributed by atoms with E-state index in [1.54, 1.807) is 12.1 Å². The Labute approximate surface area is 170 Å². The van der Waals surface area contributed by atoms with E-state index in [0.717, 1.165) is 27.8 Å². The second-order valence-electron chi connectivity index (χ2n) is 7.19. The first-order valence-electron chi connectivity index (χ1n) is 9.47. The molecule has 29 heavy (non-hydrogen) atoms. The molecule has 4 rings (SSSR count). The van der Waals surface area contributed by atoms with Crippen LogP contribution in [0.3, 0.4) is 0 Å². The molecule has 0 spiro atoms. The molecule has 0 aliphatic carbocycles. The zero-order chi connectivity index (χ0) is 20.4. The molecule has 0 saturated carbocycles. The van der Waals surface area contributed by atoms with Gasteiger partial charge in [-0.25, -0.2) is 0 Å². The van der Waals surface area contributed by atoms with Crippen LogP contribution >= 0.6 is 0 Å². The summed E-state index contributed by atoms with van der Waals surface area (Å²) in [5, 5.41) is 30.4. The van der Waals surface area contributed by atoms with Gasteiger partial charge in [-0.3, -0.25) is 0 Å². The van der Waals surface area contributed by atoms with Crippen LogP contribution in [-0.2, 0) is 5.41 Å². The minimum Gasteiger partial charge on any atom is -0.508 e. The molecule has 0 heterocycles. The van der Waals surface area contributed by atoms with Gasteiger partial charge >= 0.3 is 0 Å². The fraction of sp³-hybridized carbons (Fsp3) is 0.0769. The fourth-order valence-corrected chi connectivity index (χ4v) is 4.02. The van der Waals surface area contributed by atoms with Gasteiger partial charge in [0.15, 0.2) is 11.5 Å². The summed E-state index contributed by atoms with van der Waals surface area (Å²) in [4.78, 5) is 0. The summed E-state index contributed by atoms with van der Waals surface area (Å²) < 4.78 is 0. The fourth-order valence-electron chi connectivity index (χ4n) is 4.02. The molecule has 0 bridgehead atoms. The van der Waals surface area contributed by atoms with Gasteiger partial charge < -0.3 is 15.3 Å². The first-order chi connectivity index (χ1) is 14.0. The van der Waals surface area contributed by atoms with Crippen LogP contribution in [0.4, 0.5) is 0 Å². The Kier molecular flexibility index (Phi) is 4.73. The van der Waals surface area contributed by atoms with Gasteiger partial charge in [-0.05, 0) is 52.9 Å². The maximum absolute atomic E-state index is 10.3. The first kappa shape index (κ1) is 18.6. The quantitative estimate of drug-likeness (QED) is 0.323. The molecular formula is C26H22O3. The number of hydrogen-bond donors (Lipinski definition) is 3. The van der Waals surface area contributed by atoms with Crippen LogP contribution in [0.5, 0.6) is 17.2 Å². The van der Waals surface area contributed by atoms with E-state index in [1.807, 2.05) is 61.5 Å². The maximum atomic E-state index is 10.3. The van der Waals surface area contributed by atoms with E-state index >= 15 is 0 Å². The number of benzene rings is 4. The SMILES string of the molecule is Cc1cc(C(c2ccccc2)(c2ccccc2)c2ccc(O)c(O)c2)ccc1O. The number of hydrogen-bond acceptors (Lipinski definition) is 3. The van der Waals surface area contributed by atoms with Crippen molar-refractivity contribution in [3.05, 3.63) is 125 Å². The van der Waals surface area contributed by atoms with Gasteiger partial charge in [0.05, 0.1) is 5.41 Å².